The van der Waals surface area contributed by atoms with Crippen molar-refractivity contribution in [3.05, 3.63) is 0 Å². The van der Waals surface area contributed by atoms with Crippen molar-refractivity contribution in [2.24, 2.45) is 0 Å². The molecule has 1 atom stereocenters. The standard InChI is InChI=1S/C9H21NO2/c1-5-10(8(2)3)6-9(11)7-12-4/h8-9,11H,5-7H2,1-4H3. The third kappa shape index (κ3) is 4.70. The molecule has 0 rings (SSSR count). The summed E-state index contributed by atoms with van der Waals surface area (Å²) in [5, 5.41) is 9.43. The van der Waals surface area contributed by atoms with Crippen LogP contribution in [0.25, 0.3) is 0 Å². The third-order valence-electron chi connectivity index (χ3n) is 1.94. The highest BCUT2D eigenvalue weighted by atomic mass is 16.5. The van der Waals surface area contributed by atoms with Crippen LogP contribution in [-0.2, 0) is 4.74 Å². The average Bonchev–Trinajstić information content (AvgIpc) is 2.00. The first-order valence-corrected chi connectivity index (χ1v) is 4.52. The molecule has 0 bridgehead atoms. The molecule has 0 heterocycles. The third-order valence-corrected chi connectivity index (χ3v) is 1.94. The molecule has 0 aliphatic rings. The molecule has 0 aromatic rings. The van der Waals surface area contributed by atoms with Gasteiger partial charge < -0.3 is 9.84 Å². The van der Waals surface area contributed by atoms with E-state index in [0.29, 0.717) is 19.2 Å². The van der Waals surface area contributed by atoms with E-state index >= 15 is 0 Å². The molecule has 0 spiro atoms. The Kier molecular flexibility index (Phi) is 6.34. The Hall–Kier alpha value is -0.120. The van der Waals surface area contributed by atoms with E-state index in [0.717, 1.165) is 6.54 Å². The minimum atomic E-state index is -0.364. The van der Waals surface area contributed by atoms with Crippen molar-refractivity contribution in [1.29, 1.82) is 0 Å². The van der Waals surface area contributed by atoms with Gasteiger partial charge in [-0.1, -0.05) is 6.92 Å². The number of rotatable bonds is 6. The monoisotopic (exact) mass is 175 g/mol. The number of methoxy groups -OCH3 is 1. The number of aliphatic hydroxyl groups excluding tert-OH is 1. The minimum absolute atomic E-state index is 0.364. The smallest absolute Gasteiger partial charge is 0.0900 e. The van der Waals surface area contributed by atoms with Gasteiger partial charge in [-0.3, -0.25) is 4.90 Å². The van der Waals surface area contributed by atoms with Gasteiger partial charge in [-0.15, -0.1) is 0 Å². The van der Waals surface area contributed by atoms with Crippen LogP contribution in [0.2, 0.25) is 0 Å². The lowest BCUT2D eigenvalue weighted by molar-refractivity contribution is 0.0318. The van der Waals surface area contributed by atoms with Crippen LogP contribution in [0.1, 0.15) is 20.8 Å². The van der Waals surface area contributed by atoms with Gasteiger partial charge in [-0.25, -0.2) is 0 Å². The van der Waals surface area contributed by atoms with Gasteiger partial charge in [0.1, 0.15) is 0 Å². The fraction of sp³-hybridized carbons (Fsp3) is 1.00. The van der Waals surface area contributed by atoms with Crippen LogP contribution in [0.5, 0.6) is 0 Å². The molecule has 1 unspecified atom stereocenters. The number of aliphatic hydroxyl groups is 1. The highest BCUT2D eigenvalue weighted by Gasteiger charge is 2.12. The SMILES string of the molecule is CCN(CC(O)COC)C(C)C. The highest BCUT2D eigenvalue weighted by molar-refractivity contribution is 4.65. The summed E-state index contributed by atoms with van der Waals surface area (Å²) in [5.41, 5.74) is 0. The molecule has 0 aromatic carbocycles. The van der Waals surface area contributed by atoms with E-state index in [1.165, 1.54) is 0 Å². The van der Waals surface area contributed by atoms with Crippen molar-refractivity contribution in [3.63, 3.8) is 0 Å². The van der Waals surface area contributed by atoms with Crippen molar-refractivity contribution in [2.45, 2.75) is 32.9 Å². The number of likely N-dealkylation sites (N-methyl/N-ethyl adjacent to an activating group) is 1. The molecule has 0 saturated carbocycles. The fourth-order valence-electron chi connectivity index (χ4n) is 1.22. The summed E-state index contributed by atoms with van der Waals surface area (Å²) in [6.07, 6.45) is -0.364. The van der Waals surface area contributed by atoms with Gasteiger partial charge in [0.05, 0.1) is 12.7 Å². The van der Waals surface area contributed by atoms with Gasteiger partial charge in [0.2, 0.25) is 0 Å². The Morgan fingerprint density at radius 1 is 1.42 bits per heavy atom. The van der Waals surface area contributed by atoms with E-state index in [1.54, 1.807) is 7.11 Å². The van der Waals surface area contributed by atoms with Crippen molar-refractivity contribution < 1.29 is 9.84 Å². The Morgan fingerprint density at radius 2 is 2.00 bits per heavy atom. The molecular weight excluding hydrogens is 154 g/mol. The first kappa shape index (κ1) is 11.9. The lowest BCUT2D eigenvalue weighted by atomic mass is 10.2. The molecule has 0 aromatic heterocycles. The van der Waals surface area contributed by atoms with Crippen molar-refractivity contribution in [2.75, 3.05) is 26.8 Å². The molecule has 74 valence electrons. The van der Waals surface area contributed by atoms with Crippen LogP contribution in [0.4, 0.5) is 0 Å². The van der Waals surface area contributed by atoms with Crippen molar-refractivity contribution >= 4 is 0 Å². The maximum absolute atomic E-state index is 9.43. The molecule has 0 aliphatic heterocycles. The van der Waals surface area contributed by atoms with E-state index in [4.69, 9.17) is 4.74 Å². The quantitative estimate of drug-likeness (QED) is 0.646. The number of hydrogen-bond acceptors (Lipinski definition) is 3. The van der Waals surface area contributed by atoms with E-state index in [2.05, 4.69) is 25.7 Å². The second-order valence-electron chi connectivity index (χ2n) is 3.29. The largest absolute Gasteiger partial charge is 0.389 e. The lowest BCUT2D eigenvalue weighted by Crippen LogP contribution is -2.38. The van der Waals surface area contributed by atoms with Gasteiger partial charge in [0.15, 0.2) is 0 Å². The molecule has 0 saturated heterocycles. The zero-order valence-corrected chi connectivity index (χ0v) is 8.58. The Morgan fingerprint density at radius 3 is 2.33 bits per heavy atom. The van der Waals surface area contributed by atoms with Crippen LogP contribution in [0.3, 0.4) is 0 Å². The first-order chi connectivity index (χ1) is 5.61. The van der Waals surface area contributed by atoms with Gasteiger partial charge in [-0.2, -0.15) is 0 Å². The average molecular weight is 175 g/mol. The number of nitrogens with zero attached hydrogens (tertiary/aromatic N) is 1. The zero-order valence-electron chi connectivity index (χ0n) is 8.58. The first-order valence-electron chi connectivity index (χ1n) is 4.52. The summed E-state index contributed by atoms with van der Waals surface area (Å²) in [7, 11) is 1.61. The minimum Gasteiger partial charge on any atom is -0.389 e. The molecule has 12 heavy (non-hydrogen) atoms. The fourth-order valence-corrected chi connectivity index (χ4v) is 1.22. The molecule has 0 amide bonds. The highest BCUT2D eigenvalue weighted by Crippen LogP contribution is 1.99. The van der Waals surface area contributed by atoms with Crippen LogP contribution in [0.15, 0.2) is 0 Å². The molecule has 0 radical (unpaired) electrons. The summed E-state index contributed by atoms with van der Waals surface area (Å²) in [6.45, 7) is 8.44. The predicted octanol–water partition coefficient (Wildman–Crippen LogP) is 0.724. The Balaban J connectivity index is 3.69. The van der Waals surface area contributed by atoms with E-state index in [-0.39, 0.29) is 6.10 Å². The normalized spacial score (nSPS) is 14.2. The molecule has 3 nitrogen and oxygen atoms in total. The summed E-state index contributed by atoms with van der Waals surface area (Å²) < 4.78 is 4.85. The molecule has 0 fully saturated rings. The van der Waals surface area contributed by atoms with Crippen molar-refractivity contribution in [3.8, 4) is 0 Å². The Bertz CT molecular complexity index is 107. The summed E-state index contributed by atoms with van der Waals surface area (Å²) in [6, 6.07) is 0.488. The van der Waals surface area contributed by atoms with Gasteiger partial charge in [0.25, 0.3) is 0 Å². The van der Waals surface area contributed by atoms with Gasteiger partial charge >= 0.3 is 0 Å². The molecule has 3 heteroatoms. The van der Waals surface area contributed by atoms with Crippen LogP contribution >= 0.6 is 0 Å². The van der Waals surface area contributed by atoms with Gasteiger partial charge in [-0.05, 0) is 20.4 Å². The summed E-state index contributed by atoms with van der Waals surface area (Å²) in [4.78, 5) is 2.21. The maximum Gasteiger partial charge on any atom is 0.0900 e. The van der Waals surface area contributed by atoms with Crippen molar-refractivity contribution in [1.82, 2.24) is 4.90 Å². The summed E-state index contributed by atoms with van der Waals surface area (Å²) >= 11 is 0. The van der Waals surface area contributed by atoms with Gasteiger partial charge in [0, 0.05) is 19.7 Å². The summed E-state index contributed by atoms with van der Waals surface area (Å²) in [5.74, 6) is 0. The Labute approximate surface area is 75.3 Å². The molecule has 1 N–H and O–H groups in total. The lowest BCUT2D eigenvalue weighted by Gasteiger charge is -2.26. The van der Waals surface area contributed by atoms with E-state index < -0.39 is 0 Å². The van der Waals surface area contributed by atoms with E-state index in [1.807, 2.05) is 0 Å². The van der Waals surface area contributed by atoms with E-state index in [9.17, 15) is 5.11 Å². The number of ether oxygens (including phenoxy) is 1. The van der Waals surface area contributed by atoms with Crippen LogP contribution in [-0.4, -0.2) is 49.0 Å². The zero-order chi connectivity index (χ0) is 9.56. The molecule has 0 aliphatic carbocycles. The maximum atomic E-state index is 9.43. The van der Waals surface area contributed by atoms with Crippen LogP contribution < -0.4 is 0 Å². The van der Waals surface area contributed by atoms with Crippen LogP contribution in [0, 0.1) is 0 Å². The number of hydrogen-bond donors (Lipinski definition) is 1. The second kappa shape index (κ2) is 6.40. The molecular formula is C9H21NO2. The topological polar surface area (TPSA) is 32.7 Å². The second-order valence-corrected chi connectivity index (χ2v) is 3.29. The predicted molar refractivity (Wildman–Crippen MR) is 50.3 cm³/mol.